The molecule has 0 aliphatic carbocycles. The summed E-state index contributed by atoms with van der Waals surface area (Å²) < 4.78 is 0. The molecule has 0 bridgehead atoms. The van der Waals surface area contributed by atoms with E-state index in [1.165, 1.54) is 0 Å². The zero-order valence-electron chi connectivity index (χ0n) is 7.65. The maximum Gasteiger partial charge on any atom is 0.0692 e. The fourth-order valence-corrected chi connectivity index (χ4v) is 0.777. The van der Waals surface area contributed by atoms with Crippen molar-refractivity contribution in [3.8, 4) is 6.07 Å². The van der Waals surface area contributed by atoms with Crippen molar-refractivity contribution in [3.63, 3.8) is 0 Å². The predicted molar refractivity (Wildman–Crippen MR) is 43.5 cm³/mol. The van der Waals surface area contributed by atoms with E-state index in [2.05, 4.69) is 33.8 Å². The molecule has 0 fully saturated rings. The van der Waals surface area contributed by atoms with Crippen LogP contribution in [-0.2, 0) is 0 Å². The molecule has 0 heterocycles. The van der Waals surface area contributed by atoms with Gasteiger partial charge in [-0.15, -0.1) is 0 Å². The van der Waals surface area contributed by atoms with E-state index in [-0.39, 0.29) is 10.8 Å². The van der Waals surface area contributed by atoms with Crippen molar-refractivity contribution >= 4 is 0 Å². The lowest BCUT2D eigenvalue weighted by Gasteiger charge is -2.34. The van der Waals surface area contributed by atoms with Gasteiger partial charge in [0.1, 0.15) is 0 Å². The Morgan fingerprint density at radius 1 is 1.20 bits per heavy atom. The van der Waals surface area contributed by atoms with Gasteiger partial charge in [-0.2, -0.15) is 5.26 Å². The van der Waals surface area contributed by atoms with Crippen LogP contribution < -0.4 is 0 Å². The van der Waals surface area contributed by atoms with Gasteiger partial charge in [0.15, 0.2) is 0 Å². The standard InChI is InChI=1S/C9H17N/c1-6-9(5,7-10)8(2,3)4/h6H2,1-5H3. The van der Waals surface area contributed by atoms with E-state index in [1.54, 1.807) is 0 Å². The van der Waals surface area contributed by atoms with E-state index in [1.807, 2.05) is 6.92 Å². The van der Waals surface area contributed by atoms with E-state index >= 15 is 0 Å². The van der Waals surface area contributed by atoms with Crippen LogP contribution in [0, 0.1) is 22.2 Å². The first-order valence-corrected chi connectivity index (χ1v) is 3.78. The van der Waals surface area contributed by atoms with Crippen molar-refractivity contribution in [2.24, 2.45) is 10.8 Å². The van der Waals surface area contributed by atoms with Crippen molar-refractivity contribution in [2.45, 2.75) is 41.0 Å². The van der Waals surface area contributed by atoms with Crippen LogP contribution in [0.3, 0.4) is 0 Å². The minimum absolute atomic E-state index is 0.0938. The van der Waals surface area contributed by atoms with E-state index in [9.17, 15) is 0 Å². The van der Waals surface area contributed by atoms with Gasteiger partial charge in [0, 0.05) is 0 Å². The molecule has 0 aliphatic rings. The first-order chi connectivity index (χ1) is 4.37. The van der Waals surface area contributed by atoms with Gasteiger partial charge in [-0.25, -0.2) is 0 Å². The van der Waals surface area contributed by atoms with Gasteiger partial charge in [0.2, 0.25) is 0 Å². The van der Waals surface area contributed by atoms with Gasteiger partial charge >= 0.3 is 0 Å². The number of nitrogens with zero attached hydrogens (tertiary/aromatic N) is 1. The third-order valence-corrected chi connectivity index (χ3v) is 2.61. The van der Waals surface area contributed by atoms with Crippen LogP contribution in [0.25, 0.3) is 0 Å². The minimum atomic E-state index is -0.174. The highest BCUT2D eigenvalue weighted by Crippen LogP contribution is 2.40. The molecule has 1 atom stereocenters. The van der Waals surface area contributed by atoms with Crippen molar-refractivity contribution in [1.82, 2.24) is 0 Å². The first-order valence-electron chi connectivity index (χ1n) is 3.78. The molecule has 0 saturated heterocycles. The molecule has 0 aromatic rings. The molecular formula is C9H17N. The number of nitriles is 1. The number of rotatable bonds is 1. The van der Waals surface area contributed by atoms with Crippen LogP contribution in [-0.4, -0.2) is 0 Å². The van der Waals surface area contributed by atoms with E-state index in [0.717, 1.165) is 6.42 Å². The van der Waals surface area contributed by atoms with E-state index in [0.29, 0.717) is 0 Å². The van der Waals surface area contributed by atoms with Gasteiger partial charge in [-0.3, -0.25) is 0 Å². The average molecular weight is 139 g/mol. The lowest BCUT2D eigenvalue weighted by atomic mass is 9.67. The van der Waals surface area contributed by atoms with Gasteiger partial charge in [0.05, 0.1) is 11.5 Å². The van der Waals surface area contributed by atoms with Gasteiger partial charge in [0.25, 0.3) is 0 Å². The second-order valence-electron chi connectivity index (χ2n) is 4.05. The second kappa shape index (κ2) is 2.62. The Hall–Kier alpha value is -0.510. The molecule has 1 unspecified atom stereocenters. The quantitative estimate of drug-likeness (QED) is 0.548. The molecule has 0 aromatic heterocycles. The molecule has 0 aliphatic heterocycles. The SMILES string of the molecule is CCC(C)(C#N)C(C)(C)C. The van der Waals surface area contributed by atoms with Crippen LogP contribution in [0.4, 0.5) is 0 Å². The molecule has 0 amide bonds. The van der Waals surface area contributed by atoms with Crippen molar-refractivity contribution in [1.29, 1.82) is 5.26 Å². The summed E-state index contributed by atoms with van der Waals surface area (Å²) in [4.78, 5) is 0. The lowest BCUT2D eigenvalue weighted by Crippen LogP contribution is -2.30. The zero-order chi connectivity index (χ0) is 8.41. The maximum atomic E-state index is 8.87. The Labute approximate surface area is 64.1 Å². The topological polar surface area (TPSA) is 23.8 Å². The van der Waals surface area contributed by atoms with Crippen molar-refractivity contribution < 1.29 is 0 Å². The van der Waals surface area contributed by atoms with Crippen LogP contribution in [0.1, 0.15) is 41.0 Å². The Bertz CT molecular complexity index is 147. The summed E-state index contributed by atoms with van der Waals surface area (Å²) in [6.07, 6.45) is 0.924. The Morgan fingerprint density at radius 2 is 1.60 bits per heavy atom. The molecule has 0 N–H and O–H groups in total. The first kappa shape index (κ1) is 9.49. The van der Waals surface area contributed by atoms with Crippen LogP contribution in [0.5, 0.6) is 0 Å². The third kappa shape index (κ3) is 1.50. The molecule has 0 spiro atoms. The van der Waals surface area contributed by atoms with Crippen LogP contribution in [0.15, 0.2) is 0 Å². The maximum absolute atomic E-state index is 8.87. The largest absolute Gasteiger partial charge is 0.198 e. The van der Waals surface area contributed by atoms with Crippen molar-refractivity contribution in [3.05, 3.63) is 0 Å². The molecule has 0 radical (unpaired) electrons. The molecule has 0 saturated carbocycles. The Kier molecular flexibility index (Phi) is 2.48. The monoisotopic (exact) mass is 139 g/mol. The fourth-order valence-electron chi connectivity index (χ4n) is 0.777. The molecular weight excluding hydrogens is 122 g/mol. The summed E-state index contributed by atoms with van der Waals surface area (Å²) in [7, 11) is 0. The Morgan fingerprint density at radius 3 is 1.60 bits per heavy atom. The highest BCUT2D eigenvalue weighted by Gasteiger charge is 2.35. The smallest absolute Gasteiger partial charge is 0.0692 e. The highest BCUT2D eigenvalue weighted by molar-refractivity contribution is 5.01. The van der Waals surface area contributed by atoms with Gasteiger partial charge in [-0.1, -0.05) is 27.7 Å². The van der Waals surface area contributed by atoms with Gasteiger partial charge in [-0.05, 0) is 18.8 Å². The highest BCUT2D eigenvalue weighted by atomic mass is 14.4. The van der Waals surface area contributed by atoms with Crippen molar-refractivity contribution in [2.75, 3.05) is 0 Å². The van der Waals surface area contributed by atoms with Crippen LogP contribution >= 0.6 is 0 Å². The molecule has 10 heavy (non-hydrogen) atoms. The summed E-state index contributed by atoms with van der Waals surface area (Å²) in [6, 6.07) is 2.37. The third-order valence-electron chi connectivity index (χ3n) is 2.61. The summed E-state index contributed by atoms with van der Waals surface area (Å²) in [6.45, 7) is 10.4. The zero-order valence-corrected chi connectivity index (χ0v) is 7.65. The number of hydrogen-bond acceptors (Lipinski definition) is 1. The summed E-state index contributed by atoms with van der Waals surface area (Å²) in [5.74, 6) is 0. The second-order valence-corrected chi connectivity index (χ2v) is 4.05. The Balaban J connectivity index is 4.54. The summed E-state index contributed by atoms with van der Waals surface area (Å²) >= 11 is 0. The lowest BCUT2D eigenvalue weighted by molar-refractivity contribution is 0.172. The molecule has 58 valence electrons. The number of hydrogen-bond donors (Lipinski definition) is 0. The summed E-state index contributed by atoms with van der Waals surface area (Å²) in [5, 5.41) is 8.87. The minimum Gasteiger partial charge on any atom is -0.198 e. The molecule has 1 heteroatoms. The van der Waals surface area contributed by atoms with Crippen LogP contribution in [0.2, 0.25) is 0 Å². The average Bonchev–Trinajstić information content (AvgIpc) is 1.84. The molecule has 0 aromatic carbocycles. The molecule has 1 nitrogen and oxygen atoms in total. The van der Waals surface area contributed by atoms with E-state index in [4.69, 9.17) is 5.26 Å². The van der Waals surface area contributed by atoms with Gasteiger partial charge < -0.3 is 0 Å². The van der Waals surface area contributed by atoms with E-state index < -0.39 is 0 Å². The molecule has 0 rings (SSSR count). The summed E-state index contributed by atoms with van der Waals surface area (Å²) in [5.41, 5.74) is -0.0799. The fraction of sp³-hybridized carbons (Fsp3) is 0.889. The predicted octanol–water partition coefficient (Wildman–Crippen LogP) is 2.97. The normalized spacial score (nSPS) is 17.6.